The maximum Gasteiger partial charge on any atom is 0.294 e. The van der Waals surface area contributed by atoms with Crippen LogP contribution >= 0.6 is 11.6 Å². The Labute approximate surface area is 240 Å². The van der Waals surface area contributed by atoms with E-state index >= 15 is 0 Å². The molecule has 0 saturated carbocycles. The first-order chi connectivity index (χ1) is 19.4. The van der Waals surface area contributed by atoms with Crippen LogP contribution in [0.15, 0.2) is 71.8 Å². The summed E-state index contributed by atoms with van der Waals surface area (Å²) in [6.45, 7) is 3.29. The summed E-state index contributed by atoms with van der Waals surface area (Å²) in [6.07, 6.45) is 0.476. The third-order valence-corrected chi connectivity index (χ3v) is 7.01. The van der Waals surface area contributed by atoms with Crippen molar-refractivity contribution in [2.24, 2.45) is 0 Å². The molecular weight excluding hydrogens is 577 g/mol. The van der Waals surface area contributed by atoms with Gasteiger partial charge in [0.15, 0.2) is 17.7 Å². The van der Waals surface area contributed by atoms with Gasteiger partial charge in [-0.1, -0.05) is 29.8 Å². The molecular formula is C27H25ClFN5O6S. The van der Waals surface area contributed by atoms with E-state index in [0.29, 0.717) is 39.1 Å². The number of carbonyl (C=O) groups excluding carboxylic acids is 1. The Balaban J connectivity index is 0.000000296. The van der Waals surface area contributed by atoms with Crippen molar-refractivity contribution >= 4 is 56.5 Å². The second-order valence-corrected chi connectivity index (χ2v) is 10.5. The highest BCUT2D eigenvalue weighted by Gasteiger charge is 2.23. The molecule has 1 aliphatic heterocycles. The second kappa shape index (κ2) is 12.4. The Morgan fingerprint density at radius 3 is 2.46 bits per heavy atom. The molecule has 4 N–H and O–H groups in total. The molecule has 1 atom stereocenters. The standard InChI is InChI=1S/C20H17ClFN5O3.C7H8O3S/c1-10-19(28)26-15-8-12(4-6-17(15)30-10)24-18-14(22)9-23-20(27-18)25-11-3-5-16(29-2)13(21)7-11;1-6-4-2-3-5-7(6)11(8,9)10/h3-10H,1-2H3,(H,26,28)(H2,23,24,25,27);2-5H,1H3,(H,8,9,10)/t10-;/m1./s1. The molecule has 41 heavy (non-hydrogen) atoms. The van der Waals surface area contributed by atoms with Gasteiger partial charge in [-0.2, -0.15) is 13.4 Å². The number of rotatable bonds is 6. The van der Waals surface area contributed by atoms with Gasteiger partial charge in [-0.3, -0.25) is 9.35 Å². The predicted molar refractivity (Wildman–Crippen MR) is 153 cm³/mol. The van der Waals surface area contributed by atoms with Crippen LogP contribution in [0.1, 0.15) is 12.5 Å². The van der Waals surface area contributed by atoms with E-state index in [1.807, 2.05) is 0 Å². The smallest absolute Gasteiger partial charge is 0.294 e. The van der Waals surface area contributed by atoms with Gasteiger partial charge >= 0.3 is 0 Å². The average molecular weight is 602 g/mol. The average Bonchev–Trinajstić information content (AvgIpc) is 2.91. The quantitative estimate of drug-likeness (QED) is 0.202. The molecule has 3 aromatic carbocycles. The fourth-order valence-electron chi connectivity index (χ4n) is 3.66. The number of methoxy groups -OCH3 is 1. The molecule has 0 saturated heterocycles. The minimum Gasteiger partial charge on any atom is -0.495 e. The van der Waals surface area contributed by atoms with Crippen LogP contribution in [0.25, 0.3) is 0 Å². The highest BCUT2D eigenvalue weighted by Crippen LogP contribution is 2.33. The number of hydrogen-bond donors (Lipinski definition) is 4. The van der Waals surface area contributed by atoms with Crippen LogP contribution in [0.2, 0.25) is 5.02 Å². The van der Waals surface area contributed by atoms with E-state index in [1.165, 1.54) is 13.2 Å². The number of fused-ring (bicyclic) bond motifs is 1. The number of amides is 1. The Morgan fingerprint density at radius 1 is 1.10 bits per heavy atom. The Hall–Kier alpha value is -4.46. The number of carbonyl (C=O) groups is 1. The van der Waals surface area contributed by atoms with Gasteiger partial charge in [-0.05, 0) is 61.9 Å². The SMILES string of the molecule is COc1ccc(Nc2ncc(F)c(Nc3ccc4c(c3)NC(=O)[C@@H](C)O4)n2)cc1Cl.Cc1ccccc1S(=O)(=O)O. The van der Waals surface area contributed by atoms with Crippen LogP contribution in [-0.2, 0) is 14.9 Å². The van der Waals surface area contributed by atoms with Gasteiger partial charge in [0, 0.05) is 11.4 Å². The van der Waals surface area contributed by atoms with Crippen molar-refractivity contribution < 1.29 is 31.6 Å². The summed E-state index contributed by atoms with van der Waals surface area (Å²) in [5.74, 6) is 0.307. The van der Waals surface area contributed by atoms with Crippen molar-refractivity contribution in [1.29, 1.82) is 0 Å². The molecule has 2 heterocycles. The molecule has 5 rings (SSSR count). The van der Waals surface area contributed by atoms with Crippen molar-refractivity contribution in [3.8, 4) is 11.5 Å². The summed E-state index contributed by atoms with van der Waals surface area (Å²) in [4.78, 5) is 19.9. The summed E-state index contributed by atoms with van der Waals surface area (Å²) in [7, 11) is -2.51. The molecule has 0 radical (unpaired) electrons. The molecule has 11 nitrogen and oxygen atoms in total. The first-order valence-corrected chi connectivity index (χ1v) is 13.8. The normalized spacial score (nSPS) is 14.0. The van der Waals surface area contributed by atoms with Crippen LogP contribution < -0.4 is 25.4 Å². The number of benzene rings is 3. The summed E-state index contributed by atoms with van der Waals surface area (Å²) >= 11 is 6.12. The minimum atomic E-state index is -4.03. The number of anilines is 5. The van der Waals surface area contributed by atoms with Crippen LogP contribution in [0.5, 0.6) is 11.5 Å². The molecule has 4 aromatic rings. The van der Waals surface area contributed by atoms with E-state index in [2.05, 4.69) is 25.9 Å². The lowest BCUT2D eigenvalue weighted by Crippen LogP contribution is -2.34. The van der Waals surface area contributed by atoms with Crippen LogP contribution in [0.3, 0.4) is 0 Å². The molecule has 0 spiro atoms. The molecule has 0 unspecified atom stereocenters. The van der Waals surface area contributed by atoms with Crippen LogP contribution in [-0.4, -0.2) is 42.1 Å². The van der Waals surface area contributed by atoms with E-state index in [9.17, 15) is 17.6 Å². The van der Waals surface area contributed by atoms with E-state index in [-0.39, 0.29) is 22.6 Å². The van der Waals surface area contributed by atoms with Gasteiger partial charge in [-0.25, -0.2) is 9.37 Å². The molecule has 0 bridgehead atoms. The van der Waals surface area contributed by atoms with Crippen molar-refractivity contribution in [2.75, 3.05) is 23.1 Å². The summed E-state index contributed by atoms with van der Waals surface area (Å²) < 4.78 is 54.8. The lowest BCUT2D eigenvalue weighted by atomic mass is 10.2. The molecule has 214 valence electrons. The number of aromatic nitrogens is 2. The highest BCUT2D eigenvalue weighted by molar-refractivity contribution is 7.85. The van der Waals surface area contributed by atoms with Gasteiger partial charge in [0.1, 0.15) is 11.5 Å². The molecule has 0 aliphatic carbocycles. The summed E-state index contributed by atoms with van der Waals surface area (Å²) in [5, 5.41) is 9.01. The first-order valence-electron chi connectivity index (χ1n) is 12.0. The predicted octanol–water partition coefficient (Wildman–Crippen LogP) is 5.73. The number of nitrogens with one attached hydrogen (secondary N) is 3. The third kappa shape index (κ3) is 7.39. The largest absolute Gasteiger partial charge is 0.495 e. The van der Waals surface area contributed by atoms with Crippen molar-refractivity contribution in [1.82, 2.24) is 9.97 Å². The topological polar surface area (TPSA) is 152 Å². The zero-order valence-corrected chi connectivity index (χ0v) is 23.5. The van der Waals surface area contributed by atoms with E-state index in [4.69, 9.17) is 25.6 Å². The van der Waals surface area contributed by atoms with Crippen molar-refractivity contribution in [3.63, 3.8) is 0 Å². The summed E-state index contributed by atoms with van der Waals surface area (Å²) in [5.41, 5.74) is 2.17. The number of aryl methyl sites for hydroxylation is 1. The van der Waals surface area contributed by atoms with Crippen LogP contribution in [0, 0.1) is 12.7 Å². The van der Waals surface area contributed by atoms with Gasteiger partial charge in [0.25, 0.3) is 16.0 Å². The maximum absolute atomic E-state index is 14.3. The molecule has 1 amide bonds. The fraction of sp³-hybridized carbons (Fsp3) is 0.148. The second-order valence-electron chi connectivity index (χ2n) is 8.69. The van der Waals surface area contributed by atoms with Crippen LogP contribution in [0.4, 0.5) is 33.2 Å². The lowest BCUT2D eigenvalue weighted by molar-refractivity contribution is -0.122. The van der Waals surface area contributed by atoms with Gasteiger partial charge in [-0.15, -0.1) is 0 Å². The Kier molecular flexibility index (Phi) is 8.91. The third-order valence-electron chi connectivity index (χ3n) is 5.70. The zero-order valence-electron chi connectivity index (χ0n) is 22.0. The lowest BCUT2D eigenvalue weighted by Gasteiger charge is -2.23. The molecule has 14 heteroatoms. The molecule has 0 fully saturated rings. The highest BCUT2D eigenvalue weighted by atomic mass is 35.5. The zero-order chi connectivity index (χ0) is 29.7. The van der Waals surface area contributed by atoms with Gasteiger partial charge in [0.2, 0.25) is 5.95 Å². The molecule has 1 aromatic heterocycles. The van der Waals surface area contributed by atoms with Gasteiger partial charge < -0.3 is 25.4 Å². The monoisotopic (exact) mass is 601 g/mol. The summed E-state index contributed by atoms with van der Waals surface area (Å²) in [6, 6.07) is 16.4. The number of hydrogen-bond acceptors (Lipinski definition) is 9. The number of halogens is 2. The van der Waals surface area contributed by atoms with E-state index < -0.39 is 22.0 Å². The van der Waals surface area contributed by atoms with Gasteiger partial charge in [0.05, 0.1) is 28.9 Å². The number of nitrogens with zero attached hydrogens (tertiary/aromatic N) is 2. The van der Waals surface area contributed by atoms with E-state index in [0.717, 1.165) is 6.20 Å². The van der Waals surface area contributed by atoms with Crippen molar-refractivity contribution in [2.45, 2.75) is 24.8 Å². The number of ether oxygens (including phenoxy) is 2. The molecule has 1 aliphatic rings. The minimum absolute atomic E-state index is 0.0278. The Morgan fingerprint density at radius 2 is 1.80 bits per heavy atom. The van der Waals surface area contributed by atoms with E-state index in [1.54, 1.807) is 68.4 Å². The Bertz CT molecular complexity index is 1710. The first kappa shape index (κ1) is 29.5. The maximum atomic E-state index is 14.3. The fourth-order valence-corrected chi connectivity index (χ4v) is 4.64. The van der Waals surface area contributed by atoms with Crippen molar-refractivity contribution in [3.05, 3.63) is 83.3 Å².